The molecule has 1 heteroatoms. The van der Waals surface area contributed by atoms with Crippen LogP contribution in [0.3, 0.4) is 0 Å². The predicted octanol–water partition coefficient (Wildman–Crippen LogP) is 5.11. The average Bonchev–Trinajstić information content (AvgIpc) is 3.43. The van der Waals surface area contributed by atoms with E-state index in [0.717, 1.165) is 0 Å². The summed E-state index contributed by atoms with van der Waals surface area (Å²) in [4.78, 5) is 0. The minimum Gasteiger partial charge on any atom is -0.356 e. The van der Waals surface area contributed by atoms with Crippen LogP contribution in [0.5, 0.6) is 0 Å². The lowest BCUT2D eigenvalue weighted by molar-refractivity contribution is -0.00319. The van der Waals surface area contributed by atoms with Crippen LogP contribution in [0.4, 0.5) is 0 Å². The Morgan fingerprint density at radius 2 is 1.33 bits per heavy atom. The van der Waals surface area contributed by atoms with Crippen LogP contribution in [0.1, 0.15) is 69.4 Å². The SMILES string of the molecule is C1=CC23OC(c4cc5c(cc42)CCC5)[C@H]2c4cc5c(cc4[C@]23C=C1)CCC5. The van der Waals surface area contributed by atoms with Gasteiger partial charge in [0.1, 0.15) is 5.60 Å². The van der Waals surface area contributed by atoms with Crippen LogP contribution in [0, 0.1) is 0 Å². The topological polar surface area (TPSA) is 9.23 Å². The van der Waals surface area contributed by atoms with E-state index in [-0.39, 0.29) is 17.1 Å². The molecule has 1 fully saturated rings. The summed E-state index contributed by atoms with van der Waals surface area (Å²) >= 11 is 0. The molecule has 1 nitrogen and oxygen atoms in total. The molecule has 132 valence electrons. The highest BCUT2D eigenvalue weighted by atomic mass is 16.5. The van der Waals surface area contributed by atoms with Crippen molar-refractivity contribution in [3.05, 3.63) is 93.1 Å². The molecular weight excluding hydrogens is 328 g/mol. The van der Waals surface area contributed by atoms with Gasteiger partial charge in [-0.25, -0.2) is 0 Å². The Hall–Kier alpha value is -2.12. The first-order valence-electron chi connectivity index (χ1n) is 10.7. The van der Waals surface area contributed by atoms with Gasteiger partial charge in [-0.3, -0.25) is 0 Å². The summed E-state index contributed by atoms with van der Waals surface area (Å²) < 4.78 is 6.97. The second-order valence-corrected chi connectivity index (χ2v) is 9.46. The number of hydrogen-bond donors (Lipinski definition) is 0. The van der Waals surface area contributed by atoms with E-state index in [0.29, 0.717) is 5.92 Å². The van der Waals surface area contributed by atoms with Crippen LogP contribution in [-0.2, 0) is 41.4 Å². The van der Waals surface area contributed by atoms with Gasteiger partial charge in [0.05, 0.1) is 11.5 Å². The van der Waals surface area contributed by atoms with E-state index in [9.17, 15) is 0 Å². The second-order valence-electron chi connectivity index (χ2n) is 9.46. The largest absolute Gasteiger partial charge is 0.356 e. The van der Waals surface area contributed by atoms with Gasteiger partial charge < -0.3 is 4.74 Å². The molecule has 2 aromatic rings. The predicted molar refractivity (Wildman–Crippen MR) is 105 cm³/mol. The van der Waals surface area contributed by atoms with Crippen molar-refractivity contribution in [2.75, 3.05) is 0 Å². The molecule has 27 heavy (non-hydrogen) atoms. The standard InChI is InChI=1S/C26H22O/c1-2-10-26-22-14-18-8-4-6-16(18)12-20(22)24(27-26)23-19-11-15-5-3-7-17(15)13-21(19)25(23,26)9-1/h1-2,9-14,23-24H,3-8H2/t23-,24?,25-,26?/m1/s1. The van der Waals surface area contributed by atoms with E-state index in [2.05, 4.69) is 48.6 Å². The molecule has 2 heterocycles. The maximum Gasteiger partial charge on any atom is 0.127 e. The molecule has 0 radical (unpaired) electrons. The number of fused-ring (bicyclic) bond motifs is 8. The monoisotopic (exact) mass is 350 g/mol. The summed E-state index contributed by atoms with van der Waals surface area (Å²) in [6, 6.07) is 10.1. The van der Waals surface area contributed by atoms with E-state index in [1.165, 1.54) is 49.7 Å². The summed E-state index contributed by atoms with van der Waals surface area (Å²) in [5.74, 6) is 0.492. The number of allylic oxidation sites excluding steroid dienone is 2. The van der Waals surface area contributed by atoms with Crippen LogP contribution < -0.4 is 0 Å². The number of ether oxygens (including phenoxy) is 1. The Bertz CT molecular complexity index is 1120. The number of rotatable bonds is 0. The smallest absolute Gasteiger partial charge is 0.127 e. The maximum absolute atomic E-state index is 6.97. The molecule has 2 unspecified atom stereocenters. The summed E-state index contributed by atoms with van der Waals surface area (Å²) in [5.41, 5.74) is 12.2. The Balaban J connectivity index is 1.44. The molecule has 2 aromatic carbocycles. The summed E-state index contributed by atoms with van der Waals surface area (Å²) in [7, 11) is 0. The molecule has 1 saturated heterocycles. The van der Waals surface area contributed by atoms with Crippen LogP contribution in [-0.4, -0.2) is 0 Å². The molecule has 6 aliphatic rings. The van der Waals surface area contributed by atoms with Crippen molar-refractivity contribution in [1.29, 1.82) is 0 Å². The van der Waals surface area contributed by atoms with Crippen molar-refractivity contribution in [3.63, 3.8) is 0 Å². The highest BCUT2D eigenvalue weighted by Gasteiger charge is 2.75. The number of hydrogen-bond acceptors (Lipinski definition) is 1. The third kappa shape index (κ3) is 1.27. The molecular formula is C26H22O. The lowest BCUT2D eigenvalue weighted by Crippen LogP contribution is -2.55. The van der Waals surface area contributed by atoms with Gasteiger partial charge in [-0.1, -0.05) is 42.5 Å². The quantitative estimate of drug-likeness (QED) is 0.642. The molecule has 0 aromatic heterocycles. The third-order valence-electron chi connectivity index (χ3n) is 8.54. The van der Waals surface area contributed by atoms with Gasteiger partial charge in [0, 0.05) is 5.92 Å². The lowest BCUT2D eigenvalue weighted by atomic mass is 9.44. The number of benzene rings is 2. The molecule has 8 rings (SSSR count). The van der Waals surface area contributed by atoms with Gasteiger partial charge >= 0.3 is 0 Å². The van der Waals surface area contributed by atoms with Crippen molar-refractivity contribution >= 4 is 0 Å². The van der Waals surface area contributed by atoms with Crippen molar-refractivity contribution in [2.24, 2.45) is 0 Å². The minimum atomic E-state index is -0.274. The first-order chi connectivity index (χ1) is 13.3. The molecule has 4 aliphatic carbocycles. The van der Waals surface area contributed by atoms with E-state index in [4.69, 9.17) is 4.74 Å². The third-order valence-corrected chi connectivity index (χ3v) is 8.54. The van der Waals surface area contributed by atoms with Gasteiger partial charge in [-0.05, 0) is 89.1 Å². The molecule has 0 N–H and O–H groups in total. The lowest BCUT2D eigenvalue weighted by Gasteiger charge is -2.55. The van der Waals surface area contributed by atoms with Crippen LogP contribution in [0.2, 0.25) is 0 Å². The summed E-state index contributed by atoms with van der Waals surface area (Å²) in [5, 5.41) is 0. The zero-order valence-corrected chi connectivity index (χ0v) is 15.4. The molecule has 2 spiro atoms. The summed E-state index contributed by atoms with van der Waals surface area (Å²) in [6.45, 7) is 0. The van der Waals surface area contributed by atoms with Crippen LogP contribution in [0.25, 0.3) is 0 Å². The highest BCUT2D eigenvalue weighted by molar-refractivity contribution is 5.71. The average molecular weight is 350 g/mol. The van der Waals surface area contributed by atoms with E-state index in [1.54, 1.807) is 33.4 Å². The molecule has 0 saturated carbocycles. The first-order valence-corrected chi connectivity index (χ1v) is 10.7. The van der Waals surface area contributed by atoms with Crippen molar-refractivity contribution < 1.29 is 4.74 Å². The zero-order chi connectivity index (χ0) is 17.4. The highest BCUT2D eigenvalue weighted by Crippen LogP contribution is 2.78. The van der Waals surface area contributed by atoms with Gasteiger partial charge in [0.25, 0.3) is 0 Å². The fraction of sp³-hybridized carbons (Fsp3) is 0.385. The fourth-order valence-electron chi connectivity index (χ4n) is 7.50. The minimum absolute atomic E-state index is 0.0270. The Morgan fingerprint density at radius 1 is 0.704 bits per heavy atom. The fourth-order valence-corrected chi connectivity index (χ4v) is 7.50. The van der Waals surface area contributed by atoms with Gasteiger partial charge in [0.15, 0.2) is 0 Å². The summed E-state index contributed by atoms with van der Waals surface area (Å²) in [6.07, 6.45) is 17.2. The molecule has 2 bridgehead atoms. The van der Waals surface area contributed by atoms with Crippen molar-refractivity contribution in [3.8, 4) is 0 Å². The van der Waals surface area contributed by atoms with Gasteiger partial charge in [0.2, 0.25) is 0 Å². The maximum atomic E-state index is 6.97. The molecule has 4 atom stereocenters. The normalized spacial score (nSPS) is 37.3. The van der Waals surface area contributed by atoms with Crippen LogP contribution >= 0.6 is 0 Å². The van der Waals surface area contributed by atoms with Gasteiger partial charge in [-0.15, -0.1) is 0 Å². The van der Waals surface area contributed by atoms with E-state index < -0.39 is 0 Å². The van der Waals surface area contributed by atoms with Crippen molar-refractivity contribution in [2.45, 2.75) is 61.6 Å². The second kappa shape index (κ2) is 4.15. The molecule has 0 amide bonds. The number of aryl methyl sites for hydroxylation is 4. The van der Waals surface area contributed by atoms with E-state index in [1.807, 2.05) is 0 Å². The Morgan fingerprint density at radius 3 is 2.11 bits per heavy atom. The Kier molecular flexibility index (Phi) is 2.15. The zero-order valence-electron chi connectivity index (χ0n) is 15.4. The molecule has 2 aliphatic heterocycles. The van der Waals surface area contributed by atoms with Crippen molar-refractivity contribution in [1.82, 2.24) is 0 Å². The van der Waals surface area contributed by atoms with Crippen LogP contribution in [0.15, 0.2) is 48.6 Å². The Labute approximate surface area is 159 Å². The van der Waals surface area contributed by atoms with Gasteiger partial charge in [-0.2, -0.15) is 0 Å². The van der Waals surface area contributed by atoms with E-state index >= 15 is 0 Å². The first kappa shape index (κ1) is 14.0.